The average molecular weight is 243 g/mol. The highest BCUT2D eigenvalue weighted by Crippen LogP contribution is 2.24. The first kappa shape index (κ1) is 12.5. The van der Waals surface area contributed by atoms with Crippen molar-refractivity contribution in [1.29, 1.82) is 0 Å². The predicted octanol–water partition coefficient (Wildman–Crippen LogP) is 1.95. The minimum Gasteiger partial charge on any atom is -0.497 e. The molecule has 94 valence electrons. The SMILES string of the molecule is COc1cccc(C(NN)c2ccc(C)nc2)c1. The van der Waals surface area contributed by atoms with E-state index in [1.807, 2.05) is 49.5 Å². The molecule has 0 fully saturated rings. The van der Waals surface area contributed by atoms with Crippen LogP contribution in [-0.4, -0.2) is 12.1 Å². The van der Waals surface area contributed by atoms with Gasteiger partial charge < -0.3 is 4.74 Å². The van der Waals surface area contributed by atoms with Crippen molar-refractivity contribution in [2.45, 2.75) is 13.0 Å². The number of nitrogens with two attached hydrogens (primary N) is 1. The van der Waals surface area contributed by atoms with Crippen LogP contribution in [0.4, 0.5) is 0 Å². The fourth-order valence-electron chi connectivity index (χ4n) is 1.86. The number of pyridine rings is 1. The Labute approximate surface area is 107 Å². The van der Waals surface area contributed by atoms with Gasteiger partial charge in [-0.15, -0.1) is 0 Å². The summed E-state index contributed by atoms with van der Waals surface area (Å²) in [5.74, 6) is 6.46. The molecule has 1 unspecified atom stereocenters. The van der Waals surface area contributed by atoms with E-state index in [1.165, 1.54) is 0 Å². The van der Waals surface area contributed by atoms with Crippen LogP contribution in [0.15, 0.2) is 42.6 Å². The molecule has 4 nitrogen and oxygen atoms in total. The highest BCUT2D eigenvalue weighted by Gasteiger charge is 2.13. The molecule has 0 amide bonds. The molecule has 0 aliphatic rings. The molecule has 0 bridgehead atoms. The fourth-order valence-corrected chi connectivity index (χ4v) is 1.86. The van der Waals surface area contributed by atoms with E-state index in [0.717, 1.165) is 22.6 Å². The van der Waals surface area contributed by atoms with E-state index in [1.54, 1.807) is 7.11 Å². The molecule has 0 saturated heterocycles. The van der Waals surface area contributed by atoms with Gasteiger partial charge in [-0.25, -0.2) is 5.43 Å². The maximum absolute atomic E-state index is 5.65. The Morgan fingerprint density at radius 2 is 2.06 bits per heavy atom. The second kappa shape index (κ2) is 5.62. The minimum absolute atomic E-state index is 0.0896. The van der Waals surface area contributed by atoms with Crippen LogP contribution in [0.3, 0.4) is 0 Å². The summed E-state index contributed by atoms with van der Waals surface area (Å²) in [6.45, 7) is 1.96. The zero-order valence-corrected chi connectivity index (χ0v) is 10.6. The van der Waals surface area contributed by atoms with E-state index >= 15 is 0 Å². The van der Waals surface area contributed by atoms with E-state index in [9.17, 15) is 0 Å². The molecule has 0 saturated carbocycles. The molecule has 1 aromatic carbocycles. The van der Waals surface area contributed by atoms with E-state index in [0.29, 0.717) is 0 Å². The Balaban J connectivity index is 2.35. The van der Waals surface area contributed by atoms with Crippen molar-refractivity contribution in [3.63, 3.8) is 0 Å². The number of aryl methyl sites for hydroxylation is 1. The van der Waals surface area contributed by atoms with Crippen LogP contribution in [0.5, 0.6) is 5.75 Å². The Kier molecular flexibility index (Phi) is 3.92. The van der Waals surface area contributed by atoms with Crippen LogP contribution >= 0.6 is 0 Å². The normalized spacial score (nSPS) is 12.2. The molecule has 1 atom stereocenters. The highest BCUT2D eigenvalue weighted by molar-refractivity contribution is 5.36. The third-order valence-electron chi connectivity index (χ3n) is 2.86. The number of hydrogen-bond acceptors (Lipinski definition) is 4. The van der Waals surface area contributed by atoms with Gasteiger partial charge in [0.25, 0.3) is 0 Å². The number of nitrogens with one attached hydrogen (secondary N) is 1. The monoisotopic (exact) mass is 243 g/mol. The van der Waals surface area contributed by atoms with Crippen molar-refractivity contribution in [2.75, 3.05) is 7.11 Å². The molecular weight excluding hydrogens is 226 g/mol. The molecule has 0 radical (unpaired) electrons. The summed E-state index contributed by atoms with van der Waals surface area (Å²) in [6.07, 6.45) is 1.83. The van der Waals surface area contributed by atoms with Gasteiger partial charge in [0, 0.05) is 11.9 Å². The smallest absolute Gasteiger partial charge is 0.119 e. The highest BCUT2D eigenvalue weighted by atomic mass is 16.5. The van der Waals surface area contributed by atoms with Crippen molar-refractivity contribution in [3.05, 3.63) is 59.4 Å². The van der Waals surface area contributed by atoms with E-state index in [-0.39, 0.29) is 6.04 Å². The van der Waals surface area contributed by atoms with Gasteiger partial charge in [0.2, 0.25) is 0 Å². The van der Waals surface area contributed by atoms with Crippen molar-refractivity contribution in [3.8, 4) is 5.75 Å². The Morgan fingerprint density at radius 3 is 2.67 bits per heavy atom. The minimum atomic E-state index is -0.0896. The molecule has 0 spiro atoms. The molecule has 3 N–H and O–H groups in total. The number of hydrazine groups is 1. The molecule has 4 heteroatoms. The maximum Gasteiger partial charge on any atom is 0.119 e. The molecule has 0 aliphatic heterocycles. The second-order valence-electron chi connectivity index (χ2n) is 4.11. The summed E-state index contributed by atoms with van der Waals surface area (Å²) in [6, 6.07) is 11.7. The van der Waals surface area contributed by atoms with Crippen LogP contribution in [0, 0.1) is 6.92 Å². The van der Waals surface area contributed by atoms with Crippen molar-refractivity contribution >= 4 is 0 Å². The molecule has 2 aromatic rings. The number of methoxy groups -OCH3 is 1. The zero-order valence-electron chi connectivity index (χ0n) is 10.6. The van der Waals surface area contributed by atoms with Crippen LogP contribution in [0.1, 0.15) is 22.9 Å². The van der Waals surface area contributed by atoms with Crippen molar-refractivity contribution in [1.82, 2.24) is 10.4 Å². The van der Waals surface area contributed by atoms with Gasteiger partial charge in [0.15, 0.2) is 0 Å². The van der Waals surface area contributed by atoms with Gasteiger partial charge in [-0.3, -0.25) is 10.8 Å². The number of nitrogens with zero attached hydrogens (tertiary/aromatic N) is 1. The summed E-state index contributed by atoms with van der Waals surface area (Å²) in [5.41, 5.74) is 5.86. The van der Waals surface area contributed by atoms with Gasteiger partial charge in [0.1, 0.15) is 5.75 Å². The van der Waals surface area contributed by atoms with Gasteiger partial charge in [-0.2, -0.15) is 0 Å². The number of benzene rings is 1. The molecular formula is C14H17N3O. The lowest BCUT2D eigenvalue weighted by Crippen LogP contribution is -2.28. The predicted molar refractivity (Wildman–Crippen MR) is 71.1 cm³/mol. The lowest BCUT2D eigenvalue weighted by atomic mass is 10.0. The molecule has 1 aromatic heterocycles. The number of ether oxygens (including phenoxy) is 1. The lowest BCUT2D eigenvalue weighted by Gasteiger charge is -2.17. The van der Waals surface area contributed by atoms with Gasteiger partial charge in [-0.1, -0.05) is 18.2 Å². The van der Waals surface area contributed by atoms with Gasteiger partial charge in [0.05, 0.1) is 13.2 Å². The van der Waals surface area contributed by atoms with E-state index in [4.69, 9.17) is 10.6 Å². The van der Waals surface area contributed by atoms with Crippen molar-refractivity contribution < 1.29 is 4.74 Å². The number of hydrogen-bond donors (Lipinski definition) is 2. The standard InChI is InChI=1S/C14H17N3O/c1-10-6-7-12(9-16-10)14(17-15)11-4-3-5-13(8-11)18-2/h3-9,14,17H,15H2,1-2H3. The molecule has 2 rings (SSSR count). The number of rotatable bonds is 4. The van der Waals surface area contributed by atoms with Crippen LogP contribution in [0.25, 0.3) is 0 Å². The number of aromatic nitrogens is 1. The second-order valence-corrected chi connectivity index (χ2v) is 4.11. The van der Waals surface area contributed by atoms with Crippen LogP contribution in [0.2, 0.25) is 0 Å². The maximum atomic E-state index is 5.65. The first-order valence-electron chi connectivity index (χ1n) is 5.77. The molecule has 18 heavy (non-hydrogen) atoms. The topological polar surface area (TPSA) is 60.2 Å². The first-order valence-corrected chi connectivity index (χ1v) is 5.77. The third-order valence-corrected chi connectivity index (χ3v) is 2.86. The Hall–Kier alpha value is -1.91. The largest absolute Gasteiger partial charge is 0.497 e. The van der Waals surface area contributed by atoms with Gasteiger partial charge >= 0.3 is 0 Å². The lowest BCUT2D eigenvalue weighted by molar-refractivity contribution is 0.413. The Morgan fingerprint density at radius 1 is 1.22 bits per heavy atom. The quantitative estimate of drug-likeness (QED) is 0.636. The van der Waals surface area contributed by atoms with Crippen LogP contribution in [-0.2, 0) is 0 Å². The summed E-state index contributed by atoms with van der Waals surface area (Å²) in [4.78, 5) is 4.29. The van der Waals surface area contributed by atoms with E-state index in [2.05, 4.69) is 10.4 Å². The summed E-state index contributed by atoms with van der Waals surface area (Å²) in [7, 11) is 1.65. The summed E-state index contributed by atoms with van der Waals surface area (Å²) in [5, 5.41) is 0. The average Bonchev–Trinajstić information content (AvgIpc) is 2.42. The van der Waals surface area contributed by atoms with Crippen LogP contribution < -0.4 is 16.0 Å². The summed E-state index contributed by atoms with van der Waals surface area (Å²) < 4.78 is 5.22. The summed E-state index contributed by atoms with van der Waals surface area (Å²) >= 11 is 0. The molecule has 0 aliphatic carbocycles. The first-order chi connectivity index (χ1) is 8.74. The third kappa shape index (κ3) is 2.67. The zero-order chi connectivity index (χ0) is 13.0. The fraction of sp³-hybridized carbons (Fsp3) is 0.214. The van der Waals surface area contributed by atoms with Gasteiger partial charge in [-0.05, 0) is 36.2 Å². The molecule has 1 heterocycles. The van der Waals surface area contributed by atoms with E-state index < -0.39 is 0 Å². The Bertz CT molecular complexity index is 511. The van der Waals surface area contributed by atoms with Crippen molar-refractivity contribution in [2.24, 2.45) is 5.84 Å².